The molecule has 3 aromatic rings. The Morgan fingerprint density at radius 3 is 2.35 bits per heavy atom. The maximum atomic E-state index is 9.62. The lowest BCUT2D eigenvalue weighted by Gasteiger charge is -2.36. The molecule has 1 aliphatic rings. The maximum Gasteiger partial charge on any atom is 0.162 e. The number of aliphatic hydroxyl groups excluding tert-OH is 1. The molecule has 26 heavy (non-hydrogen) atoms. The Hall–Kier alpha value is -2.50. The summed E-state index contributed by atoms with van der Waals surface area (Å²) in [6.07, 6.45) is -0.286. The molecule has 0 bridgehead atoms. The molecule has 1 atom stereocenters. The number of rotatable bonds is 4. The second-order valence-electron chi connectivity index (χ2n) is 6.89. The van der Waals surface area contributed by atoms with E-state index in [4.69, 9.17) is 9.97 Å². The third-order valence-corrected chi connectivity index (χ3v) is 4.81. The van der Waals surface area contributed by atoms with Crippen molar-refractivity contribution in [2.24, 2.45) is 0 Å². The molecular weight excluding hydrogens is 324 g/mol. The van der Waals surface area contributed by atoms with E-state index in [0.29, 0.717) is 0 Å². The molecule has 1 N–H and O–H groups in total. The lowest BCUT2D eigenvalue weighted by atomic mass is 10.1. The number of aromatic nitrogens is 2. The van der Waals surface area contributed by atoms with Gasteiger partial charge in [0.25, 0.3) is 0 Å². The van der Waals surface area contributed by atoms with Gasteiger partial charge in [0, 0.05) is 43.7 Å². The van der Waals surface area contributed by atoms with E-state index in [9.17, 15) is 5.11 Å². The van der Waals surface area contributed by atoms with Gasteiger partial charge < -0.3 is 10.0 Å². The molecule has 5 heteroatoms. The van der Waals surface area contributed by atoms with Crippen LogP contribution in [0.15, 0.2) is 54.6 Å². The molecule has 5 nitrogen and oxygen atoms in total. The lowest BCUT2D eigenvalue weighted by molar-refractivity contribution is 0.122. The van der Waals surface area contributed by atoms with Crippen LogP contribution in [-0.4, -0.2) is 58.8 Å². The predicted octanol–water partition coefficient (Wildman–Crippen LogP) is 2.80. The Kier molecular flexibility index (Phi) is 4.82. The van der Waals surface area contributed by atoms with E-state index < -0.39 is 0 Å². The van der Waals surface area contributed by atoms with Gasteiger partial charge in [-0.05, 0) is 19.1 Å². The molecule has 0 saturated carbocycles. The van der Waals surface area contributed by atoms with Gasteiger partial charge in [-0.2, -0.15) is 0 Å². The van der Waals surface area contributed by atoms with Gasteiger partial charge in [0.15, 0.2) is 5.82 Å². The van der Waals surface area contributed by atoms with E-state index in [1.165, 1.54) is 0 Å². The van der Waals surface area contributed by atoms with Crippen molar-refractivity contribution in [3.63, 3.8) is 0 Å². The summed E-state index contributed by atoms with van der Waals surface area (Å²) in [6.45, 7) is 6.25. The zero-order chi connectivity index (χ0) is 17.9. The van der Waals surface area contributed by atoms with Crippen LogP contribution >= 0.6 is 0 Å². The molecule has 0 spiro atoms. The molecule has 4 rings (SSSR count). The van der Waals surface area contributed by atoms with Crippen LogP contribution in [0.3, 0.4) is 0 Å². The third-order valence-electron chi connectivity index (χ3n) is 4.81. The normalized spacial score (nSPS) is 16.8. The number of nitrogens with zero attached hydrogens (tertiary/aromatic N) is 4. The SMILES string of the molecule is C[C@@H](O)CN1CCN(c2nc(-c3ccccc3)nc3ccccc23)CC1. The number of β-amino-alcohol motifs (C(OH)–C–C–N with tert-alkyl or cyclic N) is 1. The van der Waals surface area contributed by atoms with Gasteiger partial charge in [0.1, 0.15) is 5.82 Å². The summed E-state index contributed by atoms with van der Waals surface area (Å²) >= 11 is 0. The molecule has 0 unspecified atom stereocenters. The van der Waals surface area contributed by atoms with Crippen molar-refractivity contribution < 1.29 is 5.11 Å². The minimum absolute atomic E-state index is 0.286. The Morgan fingerprint density at radius 1 is 0.923 bits per heavy atom. The minimum atomic E-state index is -0.286. The largest absolute Gasteiger partial charge is 0.392 e. The van der Waals surface area contributed by atoms with Gasteiger partial charge in [0.2, 0.25) is 0 Å². The molecule has 0 aliphatic carbocycles. The smallest absolute Gasteiger partial charge is 0.162 e. The van der Waals surface area contributed by atoms with E-state index in [0.717, 1.165) is 60.8 Å². The van der Waals surface area contributed by atoms with Crippen LogP contribution in [0.2, 0.25) is 0 Å². The standard InChI is InChI=1S/C21H24N4O/c1-16(26)15-24-11-13-25(14-12-24)21-18-9-5-6-10-19(18)22-20(23-21)17-7-3-2-4-8-17/h2-10,16,26H,11-15H2,1H3/t16-/m1/s1. The van der Waals surface area contributed by atoms with Crippen LogP contribution in [0.25, 0.3) is 22.3 Å². The molecule has 0 radical (unpaired) electrons. The number of piperazine rings is 1. The molecule has 0 amide bonds. The van der Waals surface area contributed by atoms with Crippen molar-refractivity contribution in [2.45, 2.75) is 13.0 Å². The van der Waals surface area contributed by atoms with Crippen LogP contribution in [-0.2, 0) is 0 Å². The Labute approximate surface area is 153 Å². The van der Waals surface area contributed by atoms with Crippen molar-refractivity contribution in [3.8, 4) is 11.4 Å². The summed E-state index contributed by atoms with van der Waals surface area (Å²) in [5, 5.41) is 10.7. The topological polar surface area (TPSA) is 52.5 Å². The van der Waals surface area contributed by atoms with Gasteiger partial charge in [-0.25, -0.2) is 9.97 Å². The number of aliphatic hydroxyl groups is 1. The fraction of sp³-hybridized carbons (Fsp3) is 0.333. The van der Waals surface area contributed by atoms with Crippen LogP contribution in [0.4, 0.5) is 5.82 Å². The van der Waals surface area contributed by atoms with Crippen LogP contribution in [0, 0.1) is 0 Å². The maximum absolute atomic E-state index is 9.62. The molecule has 1 saturated heterocycles. The van der Waals surface area contributed by atoms with Crippen molar-refractivity contribution >= 4 is 16.7 Å². The predicted molar refractivity (Wildman–Crippen MR) is 105 cm³/mol. The number of fused-ring (bicyclic) bond motifs is 1. The van der Waals surface area contributed by atoms with Crippen molar-refractivity contribution in [2.75, 3.05) is 37.6 Å². The van der Waals surface area contributed by atoms with E-state index in [1.54, 1.807) is 0 Å². The highest BCUT2D eigenvalue weighted by Crippen LogP contribution is 2.28. The van der Waals surface area contributed by atoms with E-state index in [2.05, 4.69) is 34.1 Å². The Morgan fingerprint density at radius 2 is 1.62 bits per heavy atom. The number of para-hydroxylation sites is 1. The summed E-state index contributed by atoms with van der Waals surface area (Å²) in [6, 6.07) is 18.4. The Balaban J connectivity index is 1.68. The highest BCUT2D eigenvalue weighted by Gasteiger charge is 2.21. The summed E-state index contributed by atoms with van der Waals surface area (Å²) in [5.41, 5.74) is 2.01. The molecule has 134 valence electrons. The van der Waals surface area contributed by atoms with Crippen molar-refractivity contribution in [3.05, 3.63) is 54.6 Å². The third kappa shape index (κ3) is 3.54. The average Bonchev–Trinajstić information content (AvgIpc) is 2.68. The quantitative estimate of drug-likeness (QED) is 0.786. The van der Waals surface area contributed by atoms with E-state index >= 15 is 0 Å². The summed E-state index contributed by atoms with van der Waals surface area (Å²) in [7, 11) is 0. The van der Waals surface area contributed by atoms with Crippen LogP contribution in [0.1, 0.15) is 6.92 Å². The molecule has 2 heterocycles. The van der Waals surface area contributed by atoms with Gasteiger partial charge in [-0.15, -0.1) is 0 Å². The molecule has 2 aromatic carbocycles. The van der Waals surface area contributed by atoms with Gasteiger partial charge >= 0.3 is 0 Å². The monoisotopic (exact) mass is 348 g/mol. The van der Waals surface area contributed by atoms with Crippen molar-refractivity contribution in [1.82, 2.24) is 14.9 Å². The fourth-order valence-electron chi connectivity index (χ4n) is 3.53. The second kappa shape index (κ2) is 7.40. The summed E-state index contributed by atoms with van der Waals surface area (Å²) in [5.74, 6) is 1.77. The number of anilines is 1. The highest BCUT2D eigenvalue weighted by molar-refractivity contribution is 5.91. The first-order valence-corrected chi connectivity index (χ1v) is 9.18. The van der Waals surface area contributed by atoms with E-state index in [-0.39, 0.29) is 6.10 Å². The Bertz CT molecular complexity index is 874. The van der Waals surface area contributed by atoms with Gasteiger partial charge in [-0.3, -0.25) is 4.90 Å². The minimum Gasteiger partial charge on any atom is -0.392 e. The first kappa shape index (κ1) is 16.9. The number of hydrogen-bond donors (Lipinski definition) is 1. The highest BCUT2D eigenvalue weighted by atomic mass is 16.3. The van der Waals surface area contributed by atoms with E-state index in [1.807, 2.05) is 37.3 Å². The first-order chi connectivity index (χ1) is 12.7. The average molecular weight is 348 g/mol. The molecule has 1 aromatic heterocycles. The summed E-state index contributed by atoms with van der Waals surface area (Å²) in [4.78, 5) is 14.4. The molecule has 1 aliphatic heterocycles. The second-order valence-corrected chi connectivity index (χ2v) is 6.89. The zero-order valence-electron chi connectivity index (χ0n) is 15.0. The number of benzene rings is 2. The van der Waals surface area contributed by atoms with Gasteiger partial charge in [-0.1, -0.05) is 42.5 Å². The zero-order valence-corrected chi connectivity index (χ0v) is 15.0. The summed E-state index contributed by atoms with van der Waals surface area (Å²) < 4.78 is 0. The molecular formula is C21H24N4O. The van der Waals surface area contributed by atoms with Crippen LogP contribution < -0.4 is 4.90 Å². The fourth-order valence-corrected chi connectivity index (χ4v) is 3.53. The van der Waals surface area contributed by atoms with Crippen LogP contribution in [0.5, 0.6) is 0 Å². The lowest BCUT2D eigenvalue weighted by Crippen LogP contribution is -2.48. The van der Waals surface area contributed by atoms with Crippen molar-refractivity contribution in [1.29, 1.82) is 0 Å². The number of hydrogen-bond acceptors (Lipinski definition) is 5. The molecule has 1 fully saturated rings. The van der Waals surface area contributed by atoms with Gasteiger partial charge in [0.05, 0.1) is 11.6 Å². The first-order valence-electron chi connectivity index (χ1n) is 9.18.